The van der Waals surface area contributed by atoms with Crippen molar-refractivity contribution in [2.75, 3.05) is 6.54 Å². The van der Waals surface area contributed by atoms with Gasteiger partial charge in [-0.3, -0.25) is 4.79 Å². The average Bonchev–Trinajstić information content (AvgIpc) is 2.47. The Balaban J connectivity index is 2.63. The Morgan fingerprint density at radius 2 is 1.95 bits per heavy atom. The van der Waals surface area contributed by atoms with Crippen LogP contribution < -0.4 is 5.32 Å². The second-order valence-electron chi connectivity index (χ2n) is 6.98. The molecule has 1 aliphatic carbocycles. The highest BCUT2D eigenvalue weighted by Gasteiger charge is 2.40. The average molecular weight is 285 g/mol. The molecule has 0 heterocycles. The summed E-state index contributed by atoms with van der Waals surface area (Å²) in [5, 5.41) is 12.2. The molecular formula is C15H27NO4. The third-order valence-corrected chi connectivity index (χ3v) is 3.89. The maximum atomic E-state index is 11.7. The van der Waals surface area contributed by atoms with Gasteiger partial charge in [0.15, 0.2) is 0 Å². The van der Waals surface area contributed by atoms with Crippen molar-refractivity contribution in [1.29, 1.82) is 0 Å². The number of hydrogen-bond acceptors (Lipinski definition) is 3. The van der Waals surface area contributed by atoms with Crippen LogP contribution in [0.2, 0.25) is 0 Å². The maximum Gasteiger partial charge on any atom is 0.407 e. The monoisotopic (exact) mass is 285 g/mol. The molecule has 0 bridgehead atoms. The van der Waals surface area contributed by atoms with Crippen molar-refractivity contribution in [2.45, 2.75) is 65.4 Å². The fraction of sp³-hybridized carbons (Fsp3) is 0.867. The highest BCUT2D eigenvalue weighted by Crippen LogP contribution is 2.37. The van der Waals surface area contributed by atoms with E-state index in [1.54, 1.807) is 20.8 Å². The van der Waals surface area contributed by atoms with Gasteiger partial charge in [0, 0.05) is 6.54 Å². The minimum atomic E-state index is -0.846. The summed E-state index contributed by atoms with van der Waals surface area (Å²) in [6.07, 6.45) is 3.52. The summed E-state index contributed by atoms with van der Waals surface area (Å²) in [7, 11) is 0. The first-order chi connectivity index (χ1) is 9.15. The third kappa shape index (κ3) is 5.02. The van der Waals surface area contributed by atoms with Gasteiger partial charge >= 0.3 is 12.1 Å². The fourth-order valence-electron chi connectivity index (χ4n) is 2.60. The van der Waals surface area contributed by atoms with Gasteiger partial charge < -0.3 is 15.2 Å². The van der Waals surface area contributed by atoms with Gasteiger partial charge in [0.2, 0.25) is 0 Å². The first kappa shape index (κ1) is 16.8. The minimum absolute atomic E-state index is 0.143. The topological polar surface area (TPSA) is 75.6 Å². The molecule has 0 spiro atoms. The zero-order valence-corrected chi connectivity index (χ0v) is 13.0. The molecule has 0 saturated heterocycles. The predicted octanol–water partition coefficient (Wildman–Crippen LogP) is 3.18. The van der Waals surface area contributed by atoms with Crippen LogP contribution in [0.25, 0.3) is 0 Å². The number of hydrogen-bond donors (Lipinski definition) is 2. The van der Waals surface area contributed by atoms with Gasteiger partial charge in [-0.2, -0.15) is 0 Å². The summed E-state index contributed by atoms with van der Waals surface area (Å²) < 4.78 is 5.16. The summed E-state index contributed by atoms with van der Waals surface area (Å²) in [4.78, 5) is 23.3. The van der Waals surface area contributed by atoms with Crippen molar-refractivity contribution in [1.82, 2.24) is 5.32 Å². The molecule has 1 amide bonds. The van der Waals surface area contributed by atoms with Crippen molar-refractivity contribution in [2.24, 2.45) is 11.3 Å². The van der Waals surface area contributed by atoms with Gasteiger partial charge in [0.25, 0.3) is 0 Å². The van der Waals surface area contributed by atoms with E-state index >= 15 is 0 Å². The van der Waals surface area contributed by atoms with E-state index < -0.39 is 23.1 Å². The Kier molecular flexibility index (Phi) is 5.42. The molecule has 1 saturated carbocycles. The van der Waals surface area contributed by atoms with Crippen LogP contribution in [0, 0.1) is 11.3 Å². The van der Waals surface area contributed by atoms with Crippen molar-refractivity contribution < 1.29 is 19.4 Å². The first-order valence-corrected chi connectivity index (χ1v) is 7.35. The number of rotatable bonds is 3. The number of carboxylic acids is 1. The molecule has 0 radical (unpaired) electrons. The zero-order valence-electron chi connectivity index (χ0n) is 13.0. The molecule has 2 N–H and O–H groups in total. The molecular weight excluding hydrogens is 258 g/mol. The predicted molar refractivity (Wildman–Crippen MR) is 76.6 cm³/mol. The Labute approximate surface area is 121 Å². The fourth-order valence-corrected chi connectivity index (χ4v) is 2.60. The van der Waals surface area contributed by atoms with Gasteiger partial charge in [-0.05, 0) is 46.0 Å². The number of aliphatic carboxylic acids is 1. The first-order valence-electron chi connectivity index (χ1n) is 7.35. The smallest absolute Gasteiger partial charge is 0.407 e. The zero-order chi connectivity index (χ0) is 15.4. The Hall–Kier alpha value is -1.26. The summed E-state index contributed by atoms with van der Waals surface area (Å²) in [6.45, 7) is 7.65. The molecule has 5 nitrogen and oxygen atoms in total. The number of ether oxygens (including phenoxy) is 1. The lowest BCUT2D eigenvalue weighted by atomic mass is 9.80. The lowest BCUT2D eigenvalue weighted by molar-refractivity contribution is -0.149. The summed E-state index contributed by atoms with van der Waals surface area (Å²) in [6, 6.07) is 0. The van der Waals surface area contributed by atoms with Gasteiger partial charge in [-0.25, -0.2) is 4.79 Å². The minimum Gasteiger partial charge on any atom is -0.481 e. The highest BCUT2D eigenvalue weighted by molar-refractivity contribution is 5.76. The standard InChI is InChI=1S/C15H27NO4/c1-11-6-5-8-15(9-7-11,12(17)18)10-16-13(19)20-14(2,3)4/h11H,5-10H2,1-4H3,(H,16,19)(H,17,18). The van der Waals surface area contributed by atoms with E-state index in [0.717, 1.165) is 19.3 Å². The lowest BCUT2D eigenvalue weighted by Gasteiger charge is -2.29. The Bertz CT molecular complexity index is 361. The van der Waals surface area contributed by atoms with Gasteiger partial charge in [-0.1, -0.05) is 19.8 Å². The summed E-state index contributed by atoms with van der Waals surface area (Å²) in [5.41, 5.74) is -1.42. The molecule has 1 fully saturated rings. The SMILES string of the molecule is CC1CCCC(CNC(=O)OC(C)(C)C)(C(=O)O)CC1. The number of carboxylic acid groups (broad SMARTS) is 1. The third-order valence-electron chi connectivity index (χ3n) is 3.89. The van der Waals surface area contributed by atoms with Crippen LogP contribution in [0.4, 0.5) is 4.79 Å². The van der Waals surface area contributed by atoms with Crippen LogP contribution in [-0.2, 0) is 9.53 Å². The summed E-state index contributed by atoms with van der Waals surface area (Å²) in [5.74, 6) is -0.264. The van der Waals surface area contributed by atoms with Crippen LogP contribution in [0.5, 0.6) is 0 Å². The molecule has 1 aliphatic rings. The van der Waals surface area contributed by atoms with E-state index in [0.29, 0.717) is 18.8 Å². The second-order valence-corrected chi connectivity index (χ2v) is 6.98. The molecule has 0 aromatic carbocycles. The van der Waals surface area contributed by atoms with Gasteiger partial charge in [0.05, 0.1) is 5.41 Å². The molecule has 1 rings (SSSR count). The number of nitrogens with one attached hydrogen (secondary N) is 1. The number of carbonyl (C=O) groups excluding carboxylic acids is 1. The van der Waals surface area contributed by atoms with E-state index in [2.05, 4.69) is 12.2 Å². The maximum absolute atomic E-state index is 11.7. The van der Waals surface area contributed by atoms with Gasteiger partial charge in [-0.15, -0.1) is 0 Å². The number of carbonyl (C=O) groups is 2. The van der Waals surface area contributed by atoms with E-state index in [1.165, 1.54) is 0 Å². The quantitative estimate of drug-likeness (QED) is 0.781. The van der Waals surface area contributed by atoms with Crippen molar-refractivity contribution >= 4 is 12.1 Å². The van der Waals surface area contributed by atoms with Crippen LogP contribution in [0.3, 0.4) is 0 Å². The molecule has 116 valence electrons. The molecule has 0 aromatic rings. The van der Waals surface area contributed by atoms with Crippen molar-refractivity contribution in [3.8, 4) is 0 Å². The van der Waals surface area contributed by atoms with Crippen LogP contribution >= 0.6 is 0 Å². The number of amides is 1. The molecule has 20 heavy (non-hydrogen) atoms. The second kappa shape index (κ2) is 6.46. The van der Waals surface area contributed by atoms with Crippen molar-refractivity contribution in [3.63, 3.8) is 0 Å². The lowest BCUT2D eigenvalue weighted by Crippen LogP contribution is -2.44. The molecule has 2 atom stereocenters. The molecule has 0 aliphatic heterocycles. The molecule has 0 aromatic heterocycles. The van der Waals surface area contributed by atoms with Gasteiger partial charge in [0.1, 0.15) is 5.60 Å². The van der Waals surface area contributed by atoms with Crippen molar-refractivity contribution in [3.05, 3.63) is 0 Å². The van der Waals surface area contributed by atoms with Crippen LogP contribution in [-0.4, -0.2) is 29.3 Å². The number of alkyl carbamates (subject to hydrolysis) is 1. The van der Waals surface area contributed by atoms with Crippen LogP contribution in [0.15, 0.2) is 0 Å². The Morgan fingerprint density at radius 1 is 1.30 bits per heavy atom. The van der Waals surface area contributed by atoms with E-state index in [-0.39, 0.29) is 6.54 Å². The Morgan fingerprint density at radius 3 is 2.50 bits per heavy atom. The summed E-state index contributed by atoms with van der Waals surface area (Å²) >= 11 is 0. The van der Waals surface area contributed by atoms with E-state index in [1.807, 2.05) is 0 Å². The van der Waals surface area contributed by atoms with Crippen LogP contribution in [0.1, 0.15) is 59.8 Å². The largest absolute Gasteiger partial charge is 0.481 e. The molecule has 5 heteroatoms. The van der Waals surface area contributed by atoms with E-state index in [4.69, 9.17) is 4.74 Å². The normalized spacial score (nSPS) is 27.5. The highest BCUT2D eigenvalue weighted by atomic mass is 16.6. The molecule has 2 unspecified atom stereocenters. The van der Waals surface area contributed by atoms with E-state index in [9.17, 15) is 14.7 Å².